The zero-order valence-corrected chi connectivity index (χ0v) is 15.6. The standard InChI is InChI=1S/C17H17F5N4OS/c1-26-13(24-14(27)9-5-16(18,19)6-9)11(8-3-2-4-8)12(25-26)10-7-23-15(28-10)17(20,21)22/h7-9H,2-6H2,1H3,(H,24,27). The van der Waals surface area contributed by atoms with Crippen LogP contribution in [0.2, 0.25) is 0 Å². The number of carbonyl (C=O) groups excluding carboxylic acids is 1. The molecule has 0 spiro atoms. The number of aromatic nitrogens is 3. The molecule has 2 aromatic heterocycles. The summed E-state index contributed by atoms with van der Waals surface area (Å²) in [5.74, 6) is -3.68. The van der Waals surface area contributed by atoms with E-state index in [9.17, 15) is 26.7 Å². The van der Waals surface area contributed by atoms with Crippen molar-refractivity contribution in [1.82, 2.24) is 14.8 Å². The normalized spacial score (nSPS) is 19.9. The van der Waals surface area contributed by atoms with Gasteiger partial charge in [-0.2, -0.15) is 18.3 Å². The van der Waals surface area contributed by atoms with Crippen LogP contribution in [0.3, 0.4) is 0 Å². The lowest BCUT2D eigenvalue weighted by Gasteiger charge is -2.34. The van der Waals surface area contributed by atoms with Gasteiger partial charge in [-0.15, -0.1) is 11.3 Å². The summed E-state index contributed by atoms with van der Waals surface area (Å²) in [6, 6.07) is 0. The number of carbonyl (C=O) groups is 1. The number of aryl methyl sites for hydroxylation is 1. The smallest absolute Gasteiger partial charge is 0.310 e. The zero-order chi connectivity index (χ0) is 20.3. The van der Waals surface area contributed by atoms with E-state index in [4.69, 9.17) is 0 Å². The molecule has 1 amide bonds. The molecule has 0 aromatic carbocycles. The maximum Gasteiger partial charge on any atom is 0.443 e. The molecule has 2 fully saturated rings. The highest BCUT2D eigenvalue weighted by Crippen LogP contribution is 2.47. The molecule has 2 saturated carbocycles. The van der Waals surface area contributed by atoms with Crippen LogP contribution in [0, 0.1) is 5.92 Å². The summed E-state index contributed by atoms with van der Waals surface area (Å²) in [5, 5.41) is 6.04. The minimum atomic E-state index is -4.54. The van der Waals surface area contributed by atoms with Gasteiger partial charge in [0, 0.05) is 37.6 Å². The first-order chi connectivity index (χ1) is 13.0. The summed E-state index contributed by atoms with van der Waals surface area (Å²) < 4.78 is 66.3. The van der Waals surface area contributed by atoms with Crippen molar-refractivity contribution in [2.24, 2.45) is 13.0 Å². The van der Waals surface area contributed by atoms with Gasteiger partial charge in [-0.1, -0.05) is 6.42 Å². The fourth-order valence-electron chi connectivity index (χ4n) is 3.53. The molecule has 5 nitrogen and oxygen atoms in total. The van der Waals surface area contributed by atoms with Gasteiger partial charge >= 0.3 is 6.18 Å². The van der Waals surface area contributed by atoms with Crippen LogP contribution >= 0.6 is 11.3 Å². The fraction of sp³-hybridized carbons (Fsp3) is 0.588. The minimum Gasteiger partial charge on any atom is -0.310 e. The van der Waals surface area contributed by atoms with Gasteiger partial charge in [0.15, 0.2) is 5.01 Å². The highest BCUT2D eigenvalue weighted by atomic mass is 32.1. The van der Waals surface area contributed by atoms with E-state index in [0.717, 1.165) is 25.5 Å². The predicted molar refractivity (Wildman–Crippen MR) is 92.2 cm³/mol. The number of thiazole rings is 1. The average molecular weight is 420 g/mol. The fourth-order valence-corrected chi connectivity index (χ4v) is 4.32. The van der Waals surface area contributed by atoms with E-state index in [1.165, 1.54) is 4.68 Å². The van der Waals surface area contributed by atoms with Crippen molar-refractivity contribution in [3.8, 4) is 10.6 Å². The van der Waals surface area contributed by atoms with Crippen molar-refractivity contribution < 1.29 is 26.7 Å². The Morgan fingerprint density at radius 1 is 1.32 bits per heavy atom. The van der Waals surface area contributed by atoms with Crippen molar-refractivity contribution >= 4 is 23.1 Å². The first kappa shape index (κ1) is 19.3. The van der Waals surface area contributed by atoms with E-state index in [0.29, 0.717) is 28.4 Å². The maximum atomic E-state index is 13.1. The molecule has 0 unspecified atom stereocenters. The SMILES string of the molecule is Cn1nc(-c2cnc(C(F)(F)F)s2)c(C2CCC2)c1NC(=O)C1CC(F)(F)C1. The van der Waals surface area contributed by atoms with E-state index in [-0.39, 0.29) is 10.8 Å². The maximum absolute atomic E-state index is 13.1. The van der Waals surface area contributed by atoms with Crippen molar-refractivity contribution in [2.45, 2.75) is 50.1 Å². The predicted octanol–water partition coefficient (Wildman–Crippen LogP) is 4.81. The molecule has 2 aliphatic rings. The molecule has 2 aromatic rings. The number of alkyl halides is 5. The first-order valence-electron chi connectivity index (χ1n) is 8.84. The van der Waals surface area contributed by atoms with E-state index in [1.807, 2.05) is 0 Å². The molecule has 28 heavy (non-hydrogen) atoms. The summed E-state index contributed by atoms with van der Waals surface area (Å²) in [6.07, 6.45) is -1.77. The number of hydrogen-bond donors (Lipinski definition) is 1. The van der Waals surface area contributed by atoms with E-state index < -0.39 is 41.8 Å². The van der Waals surface area contributed by atoms with Crippen LogP contribution < -0.4 is 5.32 Å². The lowest BCUT2D eigenvalue weighted by molar-refractivity contribution is -0.145. The molecular formula is C17H17F5N4OS. The molecule has 0 bridgehead atoms. The molecule has 0 aliphatic heterocycles. The van der Waals surface area contributed by atoms with Gasteiger partial charge in [-0.25, -0.2) is 13.8 Å². The second-order valence-electron chi connectivity index (χ2n) is 7.34. The average Bonchev–Trinajstić information content (AvgIpc) is 3.10. The number of halogens is 5. The van der Waals surface area contributed by atoms with Gasteiger partial charge in [0.2, 0.25) is 11.8 Å². The highest BCUT2D eigenvalue weighted by molar-refractivity contribution is 7.15. The first-order valence-corrected chi connectivity index (χ1v) is 9.66. The Balaban J connectivity index is 1.66. The van der Waals surface area contributed by atoms with Crippen LogP contribution in [0.25, 0.3) is 10.6 Å². The van der Waals surface area contributed by atoms with Crippen molar-refractivity contribution in [3.63, 3.8) is 0 Å². The Kier molecular flexibility index (Phi) is 4.48. The molecule has 1 N–H and O–H groups in total. The number of rotatable bonds is 4. The number of hydrogen-bond acceptors (Lipinski definition) is 4. The van der Waals surface area contributed by atoms with Gasteiger partial charge in [0.25, 0.3) is 0 Å². The van der Waals surface area contributed by atoms with E-state index in [2.05, 4.69) is 15.4 Å². The zero-order valence-electron chi connectivity index (χ0n) is 14.8. The molecule has 4 rings (SSSR count). The summed E-state index contributed by atoms with van der Waals surface area (Å²) in [7, 11) is 1.57. The van der Waals surface area contributed by atoms with E-state index in [1.54, 1.807) is 7.05 Å². The number of amides is 1. The topological polar surface area (TPSA) is 59.8 Å². The van der Waals surface area contributed by atoms with Crippen LogP contribution in [0.4, 0.5) is 27.8 Å². The van der Waals surface area contributed by atoms with Crippen LogP contribution in [0.1, 0.15) is 48.6 Å². The molecule has 2 heterocycles. The minimum absolute atomic E-state index is 0.0540. The molecule has 0 radical (unpaired) electrons. The van der Waals surface area contributed by atoms with Gasteiger partial charge in [0.1, 0.15) is 11.5 Å². The van der Waals surface area contributed by atoms with Gasteiger partial charge < -0.3 is 5.32 Å². The van der Waals surface area contributed by atoms with Crippen molar-refractivity contribution in [3.05, 3.63) is 16.8 Å². The molecule has 11 heteroatoms. The monoisotopic (exact) mass is 420 g/mol. The van der Waals surface area contributed by atoms with Crippen LogP contribution in [-0.4, -0.2) is 26.6 Å². The van der Waals surface area contributed by atoms with Crippen LogP contribution in [0.15, 0.2) is 6.20 Å². The summed E-state index contributed by atoms with van der Waals surface area (Å²) in [5.41, 5.74) is 1.01. The van der Waals surface area contributed by atoms with Gasteiger partial charge in [-0.3, -0.25) is 9.48 Å². The quantitative estimate of drug-likeness (QED) is 0.722. The third-order valence-corrected chi connectivity index (χ3v) is 6.33. The van der Waals surface area contributed by atoms with Crippen LogP contribution in [0.5, 0.6) is 0 Å². The number of nitrogens with zero attached hydrogens (tertiary/aromatic N) is 3. The summed E-state index contributed by atoms with van der Waals surface area (Å²) in [4.78, 5) is 16.1. The highest BCUT2D eigenvalue weighted by Gasteiger charge is 2.49. The lowest BCUT2D eigenvalue weighted by Crippen LogP contribution is -2.42. The Morgan fingerprint density at radius 3 is 2.50 bits per heavy atom. The molecule has 0 atom stereocenters. The lowest BCUT2D eigenvalue weighted by atomic mass is 9.79. The third kappa shape index (κ3) is 3.40. The summed E-state index contributed by atoms with van der Waals surface area (Å²) >= 11 is 0.498. The largest absolute Gasteiger partial charge is 0.443 e. The third-order valence-electron chi connectivity index (χ3n) is 5.28. The summed E-state index contributed by atoms with van der Waals surface area (Å²) in [6.45, 7) is 0. The Bertz CT molecular complexity index is 907. The Hall–Kier alpha value is -2.04. The van der Waals surface area contributed by atoms with Crippen molar-refractivity contribution in [1.29, 1.82) is 0 Å². The second-order valence-corrected chi connectivity index (χ2v) is 8.37. The second kappa shape index (κ2) is 6.50. The number of anilines is 1. The van der Waals surface area contributed by atoms with Crippen LogP contribution in [-0.2, 0) is 18.0 Å². The molecule has 0 saturated heterocycles. The molecular weight excluding hydrogens is 403 g/mol. The number of nitrogens with one attached hydrogen (secondary N) is 1. The molecule has 2 aliphatic carbocycles. The van der Waals surface area contributed by atoms with Gasteiger partial charge in [0.05, 0.1) is 4.88 Å². The Morgan fingerprint density at radius 2 is 2.00 bits per heavy atom. The van der Waals surface area contributed by atoms with Gasteiger partial charge in [-0.05, 0) is 18.8 Å². The Labute approximate surface area is 160 Å². The van der Waals surface area contributed by atoms with Crippen molar-refractivity contribution in [2.75, 3.05) is 5.32 Å². The molecule has 152 valence electrons. The van der Waals surface area contributed by atoms with E-state index >= 15 is 0 Å².